The fraction of sp³-hybridized carbons (Fsp3) is 0.154. The molecule has 1 heterocycles. The van der Waals surface area contributed by atoms with Crippen molar-refractivity contribution in [2.75, 3.05) is 0 Å². The van der Waals surface area contributed by atoms with E-state index in [0.717, 1.165) is 5.56 Å². The molecule has 5 nitrogen and oxygen atoms in total. The molecule has 0 fully saturated rings. The van der Waals surface area contributed by atoms with Gasteiger partial charge in [0.15, 0.2) is 5.76 Å². The molecule has 5 heteroatoms. The molecule has 0 atom stereocenters. The van der Waals surface area contributed by atoms with Gasteiger partial charge in [0.05, 0.1) is 12.9 Å². The Hall–Kier alpha value is -2.27. The van der Waals surface area contributed by atoms with Crippen LogP contribution in [0.2, 0.25) is 0 Å². The molecular weight excluding hydrogens is 236 g/mol. The van der Waals surface area contributed by atoms with Gasteiger partial charge in [0.2, 0.25) is 0 Å². The monoisotopic (exact) mass is 248 g/mol. The first-order chi connectivity index (χ1) is 8.70. The molecule has 0 aliphatic rings. The number of ether oxygens (including phenoxy) is 1. The van der Waals surface area contributed by atoms with Crippen molar-refractivity contribution in [2.24, 2.45) is 0 Å². The number of carboxylic acid groups (broad SMARTS) is 1. The van der Waals surface area contributed by atoms with E-state index in [1.807, 2.05) is 0 Å². The predicted octanol–water partition coefficient (Wildman–Crippen LogP) is 2.05. The summed E-state index contributed by atoms with van der Waals surface area (Å²) < 4.78 is 10.5. The molecule has 94 valence electrons. The van der Waals surface area contributed by atoms with Crippen LogP contribution in [-0.2, 0) is 13.2 Å². The van der Waals surface area contributed by atoms with Gasteiger partial charge in [0, 0.05) is 0 Å². The summed E-state index contributed by atoms with van der Waals surface area (Å²) in [4.78, 5) is 10.8. The number of aliphatic hydroxyl groups excluding tert-OH is 1. The number of aliphatic hydroxyl groups is 1. The van der Waals surface area contributed by atoms with Gasteiger partial charge in [-0.3, -0.25) is 0 Å². The van der Waals surface area contributed by atoms with Gasteiger partial charge in [-0.1, -0.05) is 12.1 Å². The van der Waals surface area contributed by atoms with Crippen LogP contribution in [-0.4, -0.2) is 16.2 Å². The number of benzene rings is 1. The molecule has 0 saturated carbocycles. The van der Waals surface area contributed by atoms with Crippen LogP contribution in [0.1, 0.15) is 21.7 Å². The zero-order valence-electron chi connectivity index (χ0n) is 9.50. The van der Waals surface area contributed by atoms with Crippen molar-refractivity contribution >= 4 is 5.97 Å². The van der Waals surface area contributed by atoms with Crippen LogP contribution in [0.15, 0.2) is 41.0 Å². The van der Waals surface area contributed by atoms with Crippen molar-refractivity contribution < 1.29 is 24.2 Å². The second-order valence-corrected chi connectivity index (χ2v) is 3.66. The van der Waals surface area contributed by atoms with Gasteiger partial charge in [0.1, 0.15) is 17.9 Å². The Labute approximate surface area is 103 Å². The number of hydrogen-bond acceptors (Lipinski definition) is 4. The fourth-order valence-electron chi connectivity index (χ4n) is 1.53. The van der Waals surface area contributed by atoms with Crippen molar-refractivity contribution in [3.63, 3.8) is 0 Å². The van der Waals surface area contributed by atoms with Crippen molar-refractivity contribution in [1.29, 1.82) is 0 Å². The van der Waals surface area contributed by atoms with E-state index in [1.165, 1.54) is 12.3 Å². The third kappa shape index (κ3) is 2.70. The Bertz CT molecular complexity index is 544. The van der Waals surface area contributed by atoms with E-state index in [2.05, 4.69) is 0 Å². The summed E-state index contributed by atoms with van der Waals surface area (Å²) in [6.45, 7) is -0.0398. The average Bonchev–Trinajstić information content (AvgIpc) is 2.85. The van der Waals surface area contributed by atoms with Crippen LogP contribution in [0.5, 0.6) is 5.75 Å². The first kappa shape index (κ1) is 12.2. The topological polar surface area (TPSA) is 79.9 Å². The Balaban J connectivity index is 2.06. The Morgan fingerprint density at radius 3 is 2.89 bits per heavy atom. The van der Waals surface area contributed by atoms with E-state index < -0.39 is 5.97 Å². The van der Waals surface area contributed by atoms with Gasteiger partial charge in [-0.15, -0.1) is 0 Å². The van der Waals surface area contributed by atoms with E-state index >= 15 is 0 Å². The lowest BCUT2D eigenvalue weighted by Crippen LogP contribution is -2.02. The summed E-state index contributed by atoms with van der Waals surface area (Å²) >= 11 is 0. The highest BCUT2D eigenvalue weighted by molar-refractivity contribution is 5.88. The van der Waals surface area contributed by atoms with E-state index in [1.54, 1.807) is 24.3 Å². The number of aromatic carboxylic acids is 1. The van der Waals surface area contributed by atoms with Gasteiger partial charge in [-0.05, 0) is 23.8 Å². The van der Waals surface area contributed by atoms with Gasteiger partial charge in [0.25, 0.3) is 0 Å². The highest BCUT2D eigenvalue weighted by Crippen LogP contribution is 2.17. The minimum atomic E-state index is -1.05. The first-order valence-corrected chi connectivity index (χ1v) is 5.33. The normalized spacial score (nSPS) is 10.3. The molecule has 2 aromatic rings. The maximum absolute atomic E-state index is 10.8. The van der Waals surface area contributed by atoms with Gasteiger partial charge >= 0.3 is 5.97 Å². The van der Waals surface area contributed by atoms with Crippen molar-refractivity contribution in [3.05, 3.63) is 53.5 Å². The van der Waals surface area contributed by atoms with Crippen LogP contribution in [0.25, 0.3) is 0 Å². The third-order valence-electron chi connectivity index (χ3n) is 2.43. The number of hydrogen-bond donors (Lipinski definition) is 2. The number of furan rings is 1. The summed E-state index contributed by atoms with van der Waals surface area (Å²) in [5, 5.41) is 17.9. The molecule has 2 rings (SSSR count). The molecule has 0 aliphatic heterocycles. The lowest BCUT2D eigenvalue weighted by molar-refractivity contribution is 0.0692. The molecule has 0 spiro atoms. The molecule has 0 amide bonds. The highest BCUT2D eigenvalue weighted by Gasteiger charge is 2.13. The van der Waals surface area contributed by atoms with Crippen molar-refractivity contribution in [1.82, 2.24) is 0 Å². The predicted molar refractivity (Wildman–Crippen MR) is 62.4 cm³/mol. The Morgan fingerprint density at radius 1 is 1.33 bits per heavy atom. The SMILES string of the molecule is O=C(O)c1ccoc1COc1cccc(CO)c1. The number of carbonyl (C=O) groups is 1. The fourth-order valence-corrected chi connectivity index (χ4v) is 1.53. The van der Waals surface area contributed by atoms with Gasteiger partial charge < -0.3 is 19.4 Å². The van der Waals surface area contributed by atoms with Crippen LogP contribution in [0, 0.1) is 0 Å². The maximum Gasteiger partial charge on any atom is 0.339 e. The second kappa shape index (κ2) is 5.37. The zero-order chi connectivity index (χ0) is 13.0. The molecular formula is C13H12O5. The largest absolute Gasteiger partial charge is 0.486 e. The molecule has 0 unspecified atom stereocenters. The molecule has 1 aromatic heterocycles. The summed E-state index contributed by atoms with van der Waals surface area (Å²) in [5.74, 6) is -0.238. The average molecular weight is 248 g/mol. The summed E-state index contributed by atoms with van der Waals surface area (Å²) in [5.41, 5.74) is 0.818. The second-order valence-electron chi connectivity index (χ2n) is 3.66. The minimum Gasteiger partial charge on any atom is -0.486 e. The molecule has 0 aliphatic carbocycles. The minimum absolute atomic E-state index is 0.0313. The number of carboxylic acids is 1. The van der Waals surface area contributed by atoms with Gasteiger partial charge in [-0.2, -0.15) is 0 Å². The third-order valence-corrected chi connectivity index (χ3v) is 2.43. The maximum atomic E-state index is 10.8. The molecule has 2 N–H and O–H groups in total. The molecule has 0 radical (unpaired) electrons. The lowest BCUT2D eigenvalue weighted by Gasteiger charge is -2.06. The van der Waals surface area contributed by atoms with Crippen LogP contribution < -0.4 is 4.74 Å². The zero-order valence-corrected chi connectivity index (χ0v) is 9.50. The Morgan fingerprint density at radius 2 is 2.17 bits per heavy atom. The lowest BCUT2D eigenvalue weighted by atomic mass is 10.2. The highest BCUT2D eigenvalue weighted by atomic mass is 16.5. The first-order valence-electron chi connectivity index (χ1n) is 5.33. The van der Waals surface area contributed by atoms with E-state index in [9.17, 15) is 4.79 Å². The van der Waals surface area contributed by atoms with Crippen LogP contribution in [0.3, 0.4) is 0 Å². The molecule has 1 aromatic carbocycles. The van der Waals surface area contributed by atoms with E-state index in [-0.39, 0.29) is 24.5 Å². The standard InChI is InChI=1S/C13H12O5/c14-7-9-2-1-3-10(6-9)18-8-12-11(13(15)16)4-5-17-12/h1-6,14H,7-8H2,(H,15,16). The molecule has 0 bridgehead atoms. The van der Waals surface area contributed by atoms with E-state index in [4.69, 9.17) is 19.4 Å². The quantitative estimate of drug-likeness (QED) is 0.846. The van der Waals surface area contributed by atoms with Crippen molar-refractivity contribution in [2.45, 2.75) is 13.2 Å². The van der Waals surface area contributed by atoms with Crippen molar-refractivity contribution in [3.8, 4) is 5.75 Å². The Kier molecular flexibility index (Phi) is 3.64. The number of rotatable bonds is 5. The summed E-state index contributed by atoms with van der Waals surface area (Å²) in [6.07, 6.45) is 1.31. The van der Waals surface area contributed by atoms with Gasteiger partial charge in [-0.25, -0.2) is 4.79 Å². The van der Waals surface area contributed by atoms with Crippen LogP contribution >= 0.6 is 0 Å². The molecule has 0 saturated heterocycles. The smallest absolute Gasteiger partial charge is 0.339 e. The summed E-state index contributed by atoms with van der Waals surface area (Å²) in [7, 11) is 0. The van der Waals surface area contributed by atoms with Crippen LogP contribution in [0.4, 0.5) is 0 Å². The van der Waals surface area contributed by atoms with E-state index in [0.29, 0.717) is 5.75 Å². The summed E-state index contributed by atoms with van der Waals surface area (Å²) in [6, 6.07) is 8.31. The molecule has 18 heavy (non-hydrogen) atoms.